The molecular formula is C23H30N4O5S. The van der Waals surface area contributed by atoms with Gasteiger partial charge in [0.15, 0.2) is 5.03 Å². The van der Waals surface area contributed by atoms with Crippen LogP contribution in [0.5, 0.6) is 5.88 Å². The van der Waals surface area contributed by atoms with Crippen molar-refractivity contribution in [2.75, 3.05) is 31.3 Å². The Morgan fingerprint density at radius 2 is 2.12 bits per heavy atom. The summed E-state index contributed by atoms with van der Waals surface area (Å²) < 4.78 is 39.0. The van der Waals surface area contributed by atoms with Crippen LogP contribution in [-0.2, 0) is 14.8 Å². The summed E-state index contributed by atoms with van der Waals surface area (Å²) in [5.74, 6) is 0.609. The van der Waals surface area contributed by atoms with Gasteiger partial charge in [-0.2, -0.15) is 13.4 Å². The molecule has 0 aliphatic carbocycles. The number of amides is 1. The van der Waals surface area contributed by atoms with Crippen molar-refractivity contribution in [1.82, 2.24) is 14.7 Å². The Balaban J connectivity index is 1.51. The van der Waals surface area contributed by atoms with Crippen molar-refractivity contribution in [2.24, 2.45) is 11.8 Å². The van der Waals surface area contributed by atoms with Gasteiger partial charge in [0, 0.05) is 36.9 Å². The second-order valence-corrected chi connectivity index (χ2v) is 11.0. The third kappa shape index (κ3) is 5.27. The Morgan fingerprint density at radius 1 is 1.30 bits per heavy atom. The molecule has 2 fully saturated rings. The summed E-state index contributed by atoms with van der Waals surface area (Å²) in [6.45, 7) is 8.79. The number of sulfonamides is 1. The van der Waals surface area contributed by atoms with E-state index in [0.29, 0.717) is 31.6 Å². The summed E-state index contributed by atoms with van der Waals surface area (Å²) in [6.07, 6.45) is 3.46. The van der Waals surface area contributed by atoms with Gasteiger partial charge in [0.1, 0.15) is 5.82 Å². The van der Waals surface area contributed by atoms with Crippen LogP contribution in [0.1, 0.15) is 44.0 Å². The van der Waals surface area contributed by atoms with Crippen molar-refractivity contribution >= 4 is 21.7 Å². The number of ether oxygens (including phenoxy) is 2. The highest BCUT2D eigenvalue weighted by Crippen LogP contribution is 2.37. The first kappa shape index (κ1) is 23.4. The molecule has 0 radical (unpaired) electrons. The second-order valence-electron chi connectivity index (χ2n) is 9.40. The normalized spacial score (nSPS) is 22.3. The molecule has 9 nitrogen and oxygen atoms in total. The maximum atomic E-state index is 13.1. The van der Waals surface area contributed by atoms with Gasteiger partial charge in [0.05, 0.1) is 18.8 Å². The lowest BCUT2D eigenvalue weighted by Gasteiger charge is -2.33. The number of nitrogens with one attached hydrogen (secondary N) is 1. The summed E-state index contributed by atoms with van der Waals surface area (Å²) in [6, 6.07) is 7.67. The maximum Gasteiger partial charge on any atom is 0.281 e. The molecule has 2 unspecified atom stereocenters. The Kier molecular flexibility index (Phi) is 6.58. The molecule has 0 aromatic carbocycles. The number of hydrogen-bond donors (Lipinski definition) is 1. The molecule has 1 N–H and O–H groups in total. The van der Waals surface area contributed by atoms with Crippen molar-refractivity contribution < 1.29 is 22.7 Å². The fraction of sp³-hybridized carbons (Fsp3) is 0.522. The van der Waals surface area contributed by atoms with Gasteiger partial charge in [-0.1, -0.05) is 13.0 Å². The van der Waals surface area contributed by atoms with Crippen LogP contribution >= 0.6 is 0 Å². The standard InChI is InChI=1S/C23H30N4O5S/c1-16-12-23(2,3)27(13-16)21-18(6-5-10-24-21)22(28)26-33(29,30)20-8-4-7-19(25-20)32-15-17-9-11-31-14-17/h4-8,10,16-17H,9,11-15H2,1-3H3,(H,26,28). The van der Waals surface area contributed by atoms with Crippen LogP contribution in [0, 0.1) is 11.8 Å². The van der Waals surface area contributed by atoms with Crippen LogP contribution in [0.15, 0.2) is 41.6 Å². The highest BCUT2D eigenvalue weighted by molar-refractivity contribution is 7.90. The van der Waals surface area contributed by atoms with Gasteiger partial charge in [0.2, 0.25) is 5.88 Å². The number of aromatic nitrogens is 2. The molecule has 4 rings (SSSR count). The van der Waals surface area contributed by atoms with Crippen LogP contribution in [0.25, 0.3) is 0 Å². The molecule has 10 heteroatoms. The number of anilines is 1. The van der Waals surface area contributed by atoms with E-state index >= 15 is 0 Å². The van der Waals surface area contributed by atoms with Crippen molar-refractivity contribution in [3.05, 3.63) is 42.1 Å². The van der Waals surface area contributed by atoms with E-state index in [4.69, 9.17) is 9.47 Å². The fourth-order valence-electron chi connectivity index (χ4n) is 4.52. The van der Waals surface area contributed by atoms with Crippen molar-refractivity contribution in [3.8, 4) is 5.88 Å². The lowest BCUT2D eigenvalue weighted by Crippen LogP contribution is -2.41. The van der Waals surface area contributed by atoms with Crippen molar-refractivity contribution in [2.45, 2.75) is 44.2 Å². The molecule has 2 aliphatic rings. The van der Waals surface area contributed by atoms with E-state index in [1.165, 1.54) is 12.1 Å². The monoisotopic (exact) mass is 474 g/mol. The molecule has 0 saturated carbocycles. The van der Waals surface area contributed by atoms with Gasteiger partial charge in [-0.05, 0) is 50.8 Å². The molecule has 0 spiro atoms. The van der Waals surface area contributed by atoms with Crippen LogP contribution in [0.2, 0.25) is 0 Å². The minimum Gasteiger partial charge on any atom is -0.477 e. The Labute approximate surface area is 194 Å². The lowest BCUT2D eigenvalue weighted by molar-refractivity contribution is 0.0981. The van der Waals surface area contributed by atoms with Gasteiger partial charge >= 0.3 is 0 Å². The summed E-state index contributed by atoms with van der Waals surface area (Å²) in [7, 11) is -4.21. The zero-order valence-electron chi connectivity index (χ0n) is 19.2. The van der Waals surface area contributed by atoms with Crippen molar-refractivity contribution in [3.63, 3.8) is 0 Å². The topological polar surface area (TPSA) is 111 Å². The van der Waals surface area contributed by atoms with E-state index in [0.717, 1.165) is 19.4 Å². The second kappa shape index (κ2) is 9.26. The van der Waals surface area contributed by atoms with Crippen molar-refractivity contribution in [1.29, 1.82) is 0 Å². The zero-order chi connectivity index (χ0) is 23.6. The summed E-state index contributed by atoms with van der Waals surface area (Å²) in [5, 5.41) is -0.281. The van der Waals surface area contributed by atoms with Gasteiger partial charge in [-0.3, -0.25) is 4.79 Å². The summed E-state index contributed by atoms with van der Waals surface area (Å²) in [4.78, 5) is 23.6. The van der Waals surface area contributed by atoms with Gasteiger partial charge in [0.25, 0.3) is 15.9 Å². The Bertz CT molecular complexity index is 1120. The molecule has 2 saturated heterocycles. The molecule has 178 valence electrons. The first-order valence-corrected chi connectivity index (χ1v) is 12.6. The van der Waals surface area contributed by atoms with Crippen LogP contribution < -0.4 is 14.4 Å². The highest BCUT2D eigenvalue weighted by Gasteiger charge is 2.39. The predicted molar refractivity (Wildman–Crippen MR) is 123 cm³/mol. The zero-order valence-corrected chi connectivity index (χ0v) is 20.0. The molecule has 33 heavy (non-hydrogen) atoms. The minimum atomic E-state index is -4.21. The van der Waals surface area contributed by atoms with Crippen LogP contribution in [0.3, 0.4) is 0 Å². The Hall–Kier alpha value is -2.72. The lowest BCUT2D eigenvalue weighted by atomic mass is 9.97. The first-order valence-electron chi connectivity index (χ1n) is 11.1. The SMILES string of the molecule is CC1CN(c2ncccc2C(=O)NS(=O)(=O)c2cccc(OCC3CCOC3)n2)C(C)(C)C1. The van der Waals surface area contributed by atoms with E-state index in [-0.39, 0.29) is 27.9 Å². The number of nitrogens with zero attached hydrogens (tertiary/aromatic N) is 3. The molecule has 2 aliphatic heterocycles. The number of rotatable bonds is 7. The first-order chi connectivity index (χ1) is 15.7. The fourth-order valence-corrected chi connectivity index (χ4v) is 5.45. The molecule has 4 heterocycles. The van der Waals surface area contributed by atoms with Gasteiger partial charge in [-0.25, -0.2) is 9.71 Å². The third-order valence-corrected chi connectivity index (χ3v) is 7.28. The molecule has 0 bridgehead atoms. The van der Waals surface area contributed by atoms with E-state index in [1.807, 2.05) is 0 Å². The van der Waals surface area contributed by atoms with Crippen LogP contribution in [-0.4, -0.2) is 56.2 Å². The van der Waals surface area contributed by atoms with Gasteiger partial charge < -0.3 is 14.4 Å². The minimum absolute atomic E-state index is 0.187. The predicted octanol–water partition coefficient (Wildman–Crippen LogP) is 2.64. The summed E-state index contributed by atoms with van der Waals surface area (Å²) in [5.41, 5.74) is 0.0103. The molecule has 2 aromatic heterocycles. The summed E-state index contributed by atoms with van der Waals surface area (Å²) >= 11 is 0. The van der Waals surface area contributed by atoms with E-state index in [9.17, 15) is 13.2 Å². The molecule has 1 amide bonds. The number of hydrogen-bond acceptors (Lipinski definition) is 8. The average molecular weight is 475 g/mol. The maximum absolute atomic E-state index is 13.1. The van der Waals surface area contributed by atoms with E-state index in [1.54, 1.807) is 24.4 Å². The average Bonchev–Trinajstić information content (AvgIpc) is 3.38. The molecular weight excluding hydrogens is 444 g/mol. The molecule has 2 aromatic rings. The Morgan fingerprint density at radius 3 is 2.82 bits per heavy atom. The molecule has 2 atom stereocenters. The van der Waals surface area contributed by atoms with Crippen LogP contribution in [0.4, 0.5) is 5.82 Å². The highest BCUT2D eigenvalue weighted by atomic mass is 32.2. The number of carbonyl (C=O) groups is 1. The number of pyridine rings is 2. The van der Waals surface area contributed by atoms with E-state index in [2.05, 4.69) is 40.4 Å². The quantitative estimate of drug-likeness (QED) is 0.652. The number of carbonyl (C=O) groups excluding carboxylic acids is 1. The largest absolute Gasteiger partial charge is 0.477 e. The smallest absolute Gasteiger partial charge is 0.281 e. The third-order valence-electron chi connectivity index (χ3n) is 6.05. The van der Waals surface area contributed by atoms with E-state index < -0.39 is 15.9 Å². The van der Waals surface area contributed by atoms with Gasteiger partial charge in [-0.15, -0.1) is 0 Å².